The Morgan fingerprint density at radius 1 is 1.00 bits per heavy atom. The second-order valence-electron chi connectivity index (χ2n) is 7.49. The summed E-state index contributed by atoms with van der Waals surface area (Å²) in [6.45, 7) is 1.34. The highest BCUT2D eigenvalue weighted by Crippen LogP contribution is 2.36. The van der Waals surface area contributed by atoms with E-state index >= 15 is 0 Å². The molecule has 5 nitrogen and oxygen atoms in total. The smallest absolute Gasteiger partial charge is 0.257 e. The van der Waals surface area contributed by atoms with Gasteiger partial charge in [0.05, 0.1) is 11.8 Å². The van der Waals surface area contributed by atoms with Gasteiger partial charge in [0.2, 0.25) is 5.91 Å². The molecule has 0 bridgehead atoms. The SMILES string of the molecule is O=C(c1ccoc1)N1CCC(C(=O)N(C2CCCC2)C2CC2)CC1. The lowest BCUT2D eigenvalue weighted by molar-refractivity contribution is -0.140. The van der Waals surface area contributed by atoms with Crippen molar-refractivity contribution >= 4 is 11.8 Å². The van der Waals surface area contributed by atoms with Gasteiger partial charge in [-0.15, -0.1) is 0 Å². The van der Waals surface area contributed by atoms with Crippen molar-refractivity contribution < 1.29 is 14.0 Å². The Labute approximate surface area is 143 Å². The zero-order chi connectivity index (χ0) is 16.5. The molecule has 1 aliphatic heterocycles. The molecule has 130 valence electrons. The molecule has 0 atom stereocenters. The van der Waals surface area contributed by atoms with Crippen molar-refractivity contribution in [1.29, 1.82) is 0 Å². The van der Waals surface area contributed by atoms with Crippen LogP contribution in [0.1, 0.15) is 61.7 Å². The summed E-state index contributed by atoms with van der Waals surface area (Å²) in [7, 11) is 0. The van der Waals surface area contributed by atoms with Crippen LogP contribution in [0.15, 0.2) is 23.0 Å². The number of piperidine rings is 1. The molecule has 4 rings (SSSR count). The Morgan fingerprint density at radius 2 is 1.67 bits per heavy atom. The summed E-state index contributed by atoms with van der Waals surface area (Å²) in [6.07, 6.45) is 11.8. The van der Waals surface area contributed by atoms with E-state index in [1.165, 1.54) is 51.1 Å². The number of likely N-dealkylation sites (tertiary alicyclic amines) is 1. The molecule has 2 heterocycles. The summed E-state index contributed by atoms with van der Waals surface area (Å²) in [5, 5.41) is 0. The molecule has 0 radical (unpaired) electrons. The number of nitrogens with zero attached hydrogens (tertiary/aromatic N) is 2. The van der Waals surface area contributed by atoms with Crippen molar-refractivity contribution in [2.24, 2.45) is 5.92 Å². The molecule has 0 spiro atoms. The van der Waals surface area contributed by atoms with Crippen LogP contribution in [0.5, 0.6) is 0 Å². The Morgan fingerprint density at radius 3 is 2.25 bits per heavy atom. The van der Waals surface area contributed by atoms with Gasteiger partial charge >= 0.3 is 0 Å². The third-order valence-electron chi connectivity index (χ3n) is 5.81. The van der Waals surface area contributed by atoms with Crippen molar-refractivity contribution in [1.82, 2.24) is 9.80 Å². The fraction of sp³-hybridized carbons (Fsp3) is 0.684. The first-order valence-corrected chi connectivity index (χ1v) is 9.37. The molecular weight excluding hydrogens is 304 g/mol. The van der Waals surface area contributed by atoms with Crippen molar-refractivity contribution in [3.8, 4) is 0 Å². The molecule has 1 aromatic heterocycles. The maximum atomic E-state index is 13.1. The quantitative estimate of drug-likeness (QED) is 0.852. The average molecular weight is 330 g/mol. The summed E-state index contributed by atoms with van der Waals surface area (Å²) >= 11 is 0. The fourth-order valence-corrected chi connectivity index (χ4v) is 4.30. The molecule has 2 saturated carbocycles. The lowest BCUT2D eigenvalue weighted by atomic mass is 9.94. The van der Waals surface area contributed by atoms with E-state index in [0.29, 0.717) is 36.6 Å². The zero-order valence-electron chi connectivity index (χ0n) is 14.2. The molecular formula is C19H26N2O3. The molecule has 0 unspecified atom stereocenters. The second-order valence-corrected chi connectivity index (χ2v) is 7.49. The van der Waals surface area contributed by atoms with Crippen molar-refractivity contribution in [2.75, 3.05) is 13.1 Å². The molecule has 3 aliphatic rings. The largest absolute Gasteiger partial charge is 0.472 e. The standard InChI is InChI=1S/C19H26N2O3/c22-18(15-9-12-24-13-15)20-10-7-14(8-11-20)19(23)21(17-5-6-17)16-3-1-2-4-16/h9,12-14,16-17H,1-8,10-11H2. The van der Waals surface area contributed by atoms with E-state index in [2.05, 4.69) is 4.90 Å². The lowest BCUT2D eigenvalue weighted by Crippen LogP contribution is -2.48. The van der Waals surface area contributed by atoms with E-state index in [-0.39, 0.29) is 11.8 Å². The van der Waals surface area contributed by atoms with Crippen LogP contribution in [0, 0.1) is 5.92 Å². The van der Waals surface area contributed by atoms with Crippen LogP contribution >= 0.6 is 0 Å². The summed E-state index contributed by atoms with van der Waals surface area (Å²) in [4.78, 5) is 29.5. The van der Waals surface area contributed by atoms with Crippen molar-refractivity contribution in [3.05, 3.63) is 24.2 Å². The first-order valence-electron chi connectivity index (χ1n) is 9.37. The van der Waals surface area contributed by atoms with Crippen LogP contribution in [0.2, 0.25) is 0 Å². The first-order chi connectivity index (χ1) is 11.7. The average Bonchev–Trinajstić information content (AvgIpc) is 3.07. The Balaban J connectivity index is 1.36. The molecule has 2 aliphatic carbocycles. The van der Waals surface area contributed by atoms with E-state index in [1.807, 2.05) is 4.90 Å². The Bertz CT molecular complexity index is 580. The maximum absolute atomic E-state index is 13.1. The van der Waals surface area contributed by atoms with E-state index in [9.17, 15) is 9.59 Å². The molecule has 1 saturated heterocycles. The zero-order valence-corrected chi connectivity index (χ0v) is 14.2. The number of rotatable bonds is 4. The molecule has 0 N–H and O–H groups in total. The van der Waals surface area contributed by atoms with E-state index < -0.39 is 0 Å². The monoisotopic (exact) mass is 330 g/mol. The van der Waals surface area contributed by atoms with Gasteiger partial charge in [0.25, 0.3) is 5.91 Å². The minimum atomic E-state index is 0.0180. The number of hydrogen-bond donors (Lipinski definition) is 0. The maximum Gasteiger partial charge on any atom is 0.257 e. The van der Waals surface area contributed by atoms with Gasteiger partial charge in [-0.05, 0) is 44.6 Å². The highest BCUT2D eigenvalue weighted by molar-refractivity contribution is 5.94. The molecule has 5 heteroatoms. The minimum absolute atomic E-state index is 0.0180. The predicted molar refractivity (Wildman–Crippen MR) is 89.5 cm³/mol. The van der Waals surface area contributed by atoms with Crippen LogP contribution < -0.4 is 0 Å². The van der Waals surface area contributed by atoms with Crippen LogP contribution in [-0.2, 0) is 4.79 Å². The van der Waals surface area contributed by atoms with Crippen molar-refractivity contribution in [2.45, 2.75) is 63.5 Å². The van der Waals surface area contributed by atoms with Crippen LogP contribution in [0.3, 0.4) is 0 Å². The number of hydrogen-bond acceptors (Lipinski definition) is 3. The van der Waals surface area contributed by atoms with E-state index in [1.54, 1.807) is 6.07 Å². The van der Waals surface area contributed by atoms with Crippen molar-refractivity contribution in [3.63, 3.8) is 0 Å². The lowest BCUT2D eigenvalue weighted by Gasteiger charge is -2.36. The molecule has 1 aromatic rings. The van der Waals surface area contributed by atoms with E-state index in [4.69, 9.17) is 4.42 Å². The number of carbonyl (C=O) groups is 2. The minimum Gasteiger partial charge on any atom is -0.472 e. The molecule has 24 heavy (non-hydrogen) atoms. The molecule has 0 aromatic carbocycles. The first kappa shape index (κ1) is 15.7. The predicted octanol–water partition coefficient (Wildman–Crippen LogP) is 3.07. The molecule has 2 amide bonds. The summed E-state index contributed by atoms with van der Waals surface area (Å²) in [5.41, 5.74) is 0.602. The highest BCUT2D eigenvalue weighted by atomic mass is 16.3. The second kappa shape index (κ2) is 6.61. The van der Waals surface area contributed by atoms with Crippen LogP contribution in [0.4, 0.5) is 0 Å². The van der Waals surface area contributed by atoms with Gasteiger partial charge in [-0.3, -0.25) is 9.59 Å². The number of furan rings is 1. The highest BCUT2D eigenvalue weighted by Gasteiger charge is 2.41. The van der Waals surface area contributed by atoms with Gasteiger partial charge < -0.3 is 14.2 Å². The summed E-state index contributed by atoms with van der Waals surface area (Å²) in [6, 6.07) is 2.69. The molecule has 3 fully saturated rings. The van der Waals surface area contributed by atoms with E-state index in [0.717, 1.165) is 12.8 Å². The van der Waals surface area contributed by atoms with Gasteiger partial charge in [0, 0.05) is 31.1 Å². The Hall–Kier alpha value is -1.78. The normalized spacial score (nSPS) is 22.8. The Kier molecular flexibility index (Phi) is 4.33. The summed E-state index contributed by atoms with van der Waals surface area (Å²) in [5.74, 6) is 0.476. The summed E-state index contributed by atoms with van der Waals surface area (Å²) < 4.78 is 5.00. The third-order valence-corrected chi connectivity index (χ3v) is 5.81. The number of amides is 2. The third kappa shape index (κ3) is 3.08. The van der Waals surface area contributed by atoms with Crippen LogP contribution in [0.25, 0.3) is 0 Å². The van der Waals surface area contributed by atoms with Gasteiger partial charge in [-0.25, -0.2) is 0 Å². The number of carbonyl (C=O) groups excluding carboxylic acids is 2. The topological polar surface area (TPSA) is 53.8 Å². The van der Waals surface area contributed by atoms with Gasteiger partial charge in [-0.2, -0.15) is 0 Å². The fourth-order valence-electron chi connectivity index (χ4n) is 4.30. The van der Waals surface area contributed by atoms with Gasteiger partial charge in [0.1, 0.15) is 6.26 Å². The van der Waals surface area contributed by atoms with Gasteiger partial charge in [0.15, 0.2) is 0 Å². The van der Waals surface area contributed by atoms with Crippen LogP contribution in [-0.4, -0.2) is 46.8 Å². The van der Waals surface area contributed by atoms with Gasteiger partial charge in [-0.1, -0.05) is 12.8 Å².